The van der Waals surface area contributed by atoms with Gasteiger partial charge in [0, 0.05) is 18.3 Å². The topological polar surface area (TPSA) is 27.6 Å². The second-order valence-corrected chi connectivity index (χ2v) is 6.93. The highest BCUT2D eigenvalue weighted by Gasteiger charge is 2.23. The summed E-state index contributed by atoms with van der Waals surface area (Å²) in [7, 11) is 2.22. The van der Waals surface area contributed by atoms with Gasteiger partial charge in [-0.25, -0.2) is 0 Å². The molecule has 2 atom stereocenters. The maximum absolute atomic E-state index is 4.60. The first-order chi connectivity index (χ1) is 8.15. The standard InChI is InChI=1S/C13H25N3S/c1-10(2)12-8-15-13(17-12)14-7-11-5-4-6-16(3)9-11/h10-12H,4-9H2,1-3H3,(H,14,15). The van der Waals surface area contributed by atoms with Crippen molar-refractivity contribution in [3.8, 4) is 0 Å². The SMILES string of the molecule is CC(C)C1CN=C(NCC2CCCN(C)C2)S1. The number of likely N-dealkylation sites (tertiary alicyclic amines) is 1. The van der Waals surface area contributed by atoms with Gasteiger partial charge in [0.25, 0.3) is 0 Å². The first kappa shape index (κ1) is 13.2. The third kappa shape index (κ3) is 3.88. The number of hydrogen-bond acceptors (Lipinski definition) is 4. The Morgan fingerprint density at radius 3 is 3.00 bits per heavy atom. The molecule has 0 amide bonds. The van der Waals surface area contributed by atoms with Crippen LogP contribution in [-0.4, -0.2) is 48.5 Å². The number of rotatable bonds is 3. The zero-order valence-electron chi connectivity index (χ0n) is 11.3. The maximum atomic E-state index is 4.60. The summed E-state index contributed by atoms with van der Waals surface area (Å²) in [6.07, 6.45) is 2.71. The average molecular weight is 255 g/mol. The summed E-state index contributed by atoms with van der Waals surface area (Å²) in [6.45, 7) is 9.16. The van der Waals surface area contributed by atoms with E-state index >= 15 is 0 Å². The Morgan fingerprint density at radius 1 is 1.53 bits per heavy atom. The van der Waals surface area contributed by atoms with Gasteiger partial charge in [-0.15, -0.1) is 0 Å². The van der Waals surface area contributed by atoms with Crippen LogP contribution >= 0.6 is 11.8 Å². The lowest BCUT2D eigenvalue weighted by Crippen LogP contribution is -2.38. The Kier molecular flexibility index (Phi) is 4.74. The predicted molar refractivity (Wildman–Crippen MR) is 76.7 cm³/mol. The van der Waals surface area contributed by atoms with Crippen molar-refractivity contribution in [2.24, 2.45) is 16.8 Å². The minimum atomic E-state index is 0.687. The van der Waals surface area contributed by atoms with Crippen molar-refractivity contribution < 1.29 is 0 Å². The molecule has 0 bridgehead atoms. The predicted octanol–water partition coefficient (Wildman–Crippen LogP) is 2.05. The Hall–Kier alpha value is -0.220. The third-order valence-corrected chi connectivity index (χ3v) is 5.18. The highest BCUT2D eigenvalue weighted by atomic mass is 32.2. The van der Waals surface area contributed by atoms with E-state index < -0.39 is 0 Å². The number of hydrogen-bond donors (Lipinski definition) is 1. The van der Waals surface area contributed by atoms with Gasteiger partial charge in [0.15, 0.2) is 5.17 Å². The van der Waals surface area contributed by atoms with Crippen LogP contribution in [0.5, 0.6) is 0 Å². The van der Waals surface area contributed by atoms with Gasteiger partial charge >= 0.3 is 0 Å². The number of amidine groups is 1. The number of piperidine rings is 1. The zero-order chi connectivity index (χ0) is 12.3. The minimum absolute atomic E-state index is 0.687. The summed E-state index contributed by atoms with van der Waals surface area (Å²) in [5.41, 5.74) is 0. The monoisotopic (exact) mass is 255 g/mol. The normalized spacial score (nSPS) is 30.7. The Balaban J connectivity index is 1.69. The summed E-state index contributed by atoms with van der Waals surface area (Å²) in [5.74, 6) is 1.53. The average Bonchev–Trinajstić information content (AvgIpc) is 2.75. The molecular formula is C13H25N3S. The lowest BCUT2D eigenvalue weighted by atomic mass is 9.99. The lowest BCUT2D eigenvalue weighted by molar-refractivity contribution is 0.211. The summed E-state index contributed by atoms with van der Waals surface area (Å²) < 4.78 is 0. The first-order valence-corrected chi connectivity index (χ1v) is 7.66. The van der Waals surface area contributed by atoms with Crippen molar-refractivity contribution in [2.45, 2.75) is 31.9 Å². The molecule has 17 heavy (non-hydrogen) atoms. The molecule has 2 rings (SSSR count). The molecule has 2 aliphatic heterocycles. The minimum Gasteiger partial charge on any atom is -0.365 e. The van der Waals surface area contributed by atoms with Crippen molar-refractivity contribution in [1.82, 2.24) is 10.2 Å². The van der Waals surface area contributed by atoms with Gasteiger partial charge in [-0.3, -0.25) is 4.99 Å². The molecule has 4 heteroatoms. The zero-order valence-corrected chi connectivity index (χ0v) is 12.1. The Bertz CT molecular complexity index is 278. The van der Waals surface area contributed by atoms with Crippen molar-refractivity contribution >= 4 is 16.9 Å². The highest BCUT2D eigenvalue weighted by molar-refractivity contribution is 8.14. The smallest absolute Gasteiger partial charge is 0.156 e. The van der Waals surface area contributed by atoms with E-state index in [2.05, 4.69) is 36.1 Å². The van der Waals surface area contributed by atoms with Gasteiger partial charge in [-0.1, -0.05) is 25.6 Å². The van der Waals surface area contributed by atoms with E-state index in [-0.39, 0.29) is 0 Å². The molecule has 0 aromatic heterocycles. The van der Waals surface area contributed by atoms with Gasteiger partial charge in [-0.2, -0.15) is 0 Å². The first-order valence-electron chi connectivity index (χ1n) is 6.78. The van der Waals surface area contributed by atoms with Gasteiger partial charge in [0.1, 0.15) is 0 Å². The van der Waals surface area contributed by atoms with Crippen molar-refractivity contribution in [3.63, 3.8) is 0 Å². The molecule has 2 unspecified atom stereocenters. The largest absolute Gasteiger partial charge is 0.365 e. The van der Waals surface area contributed by atoms with Gasteiger partial charge in [0.05, 0.1) is 6.54 Å². The van der Waals surface area contributed by atoms with Crippen LogP contribution in [0.25, 0.3) is 0 Å². The van der Waals surface area contributed by atoms with Crippen LogP contribution in [0.3, 0.4) is 0 Å². The molecule has 0 radical (unpaired) electrons. The number of nitrogens with zero attached hydrogens (tertiary/aromatic N) is 2. The highest BCUT2D eigenvalue weighted by Crippen LogP contribution is 2.26. The van der Waals surface area contributed by atoms with Crippen molar-refractivity contribution in [1.29, 1.82) is 0 Å². The van der Waals surface area contributed by atoms with Crippen molar-refractivity contribution in [2.75, 3.05) is 33.2 Å². The van der Waals surface area contributed by atoms with Crippen LogP contribution in [-0.2, 0) is 0 Å². The molecule has 2 aliphatic rings. The van der Waals surface area contributed by atoms with Crippen molar-refractivity contribution in [3.05, 3.63) is 0 Å². The van der Waals surface area contributed by atoms with Gasteiger partial charge < -0.3 is 10.2 Å². The Labute approximate surface area is 109 Å². The van der Waals surface area contributed by atoms with E-state index in [1.54, 1.807) is 0 Å². The van der Waals surface area contributed by atoms with Crippen LogP contribution in [0.2, 0.25) is 0 Å². The van der Waals surface area contributed by atoms with E-state index in [9.17, 15) is 0 Å². The molecule has 1 N–H and O–H groups in total. The van der Waals surface area contributed by atoms with E-state index in [0.29, 0.717) is 5.25 Å². The van der Waals surface area contributed by atoms with Crippen LogP contribution in [0, 0.1) is 11.8 Å². The molecule has 0 saturated carbocycles. The second-order valence-electron chi connectivity index (χ2n) is 5.70. The molecule has 0 aromatic rings. The number of thioether (sulfide) groups is 1. The van der Waals surface area contributed by atoms with Crippen LogP contribution < -0.4 is 5.32 Å². The molecule has 1 saturated heterocycles. The summed E-state index contributed by atoms with van der Waals surface area (Å²) in [5, 5.41) is 5.41. The molecule has 0 aromatic carbocycles. The Morgan fingerprint density at radius 2 is 2.35 bits per heavy atom. The molecular weight excluding hydrogens is 230 g/mol. The quantitative estimate of drug-likeness (QED) is 0.836. The van der Waals surface area contributed by atoms with E-state index in [1.807, 2.05) is 11.8 Å². The summed E-state index contributed by atoms with van der Waals surface area (Å²) in [6, 6.07) is 0. The van der Waals surface area contributed by atoms with Crippen LogP contribution in [0.15, 0.2) is 4.99 Å². The third-order valence-electron chi connectivity index (χ3n) is 3.69. The van der Waals surface area contributed by atoms with E-state index in [0.717, 1.165) is 24.9 Å². The second kappa shape index (κ2) is 6.10. The fraction of sp³-hybridized carbons (Fsp3) is 0.923. The molecule has 2 heterocycles. The van der Waals surface area contributed by atoms with E-state index in [4.69, 9.17) is 0 Å². The van der Waals surface area contributed by atoms with Gasteiger partial charge in [0.2, 0.25) is 0 Å². The molecule has 0 aliphatic carbocycles. The number of aliphatic imine (C=N–C) groups is 1. The molecule has 98 valence electrons. The lowest BCUT2D eigenvalue weighted by Gasteiger charge is -2.29. The molecule has 0 spiro atoms. The van der Waals surface area contributed by atoms with Gasteiger partial charge in [-0.05, 0) is 38.3 Å². The summed E-state index contributed by atoms with van der Waals surface area (Å²) >= 11 is 1.93. The van der Waals surface area contributed by atoms with E-state index in [1.165, 1.54) is 31.1 Å². The summed E-state index contributed by atoms with van der Waals surface area (Å²) in [4.78, 5) is 7.04. The van der Waals surface area contributed by atoms with Crippen LogP contribution in [0.1, 0.15) is 26.7 Å². The fourth-order valence-electron chi connectivity index (χ4n) is 2.51. The maximum Gasteiger partial charge on any atom is 0.156 e. The molecule has 3 nitrogen and oxygen atoms in total. The molecule has 1 fully saturated rings. The van der Waals surface area contributed by atoms with Crippen LogP contribution in [0.4, 0.5) is 0 Å². The fourth-order valence-corrected chi connectivity index (χ4v) is 3.53. The number of nitrogens with one attached hydrogen (secondary N) is 1.